The van der Waals surface area contributed by atoms with Crippen LogP contribution in [0.5, 0.6) is 0 Å². The van der Waals surface area contributed by atoms with Gasteiger partial charge in [0.2, 0.25) is 0 Å². The van der Waals surface area contributed by atoms with Crippen molar-refractivity contribution in [1.82, 2.24) is 0 Å². The largest absolute Gasteiger partial charge is 0.224 e. The first-order chi connectivity index (χ1) is 6.95. The Morgan fingerprint density at radius 2 is 1.73 bits per heavy atom. The molecule has 0 aliphatic heterocycles. The predicted molar refractivity (Wildman–Crippen MR) is 63.9 cm³/mol. The van der Waals surface area contributed by atoms with Gasteiger partial charge >= 0.3 is 0 Å². The molecule has 0 saturated carbocycles. The van der Waals surface area contributed by atoms with Crippen molar-refractivity contribution in [3.63, 3.8) is 0 Å². The summed E-state index contributed by atoms with van der Waals surface area (Å²) in [6.07, 6.45) is 0. The third kappa shape index (κ3) is 3.83. The normalized spacial score (nSPS) is 13.8. The van der Waals surface area contributed by atoms with Crippen LogP contribution in [0.1, 0.15) is 0 Å². The number of benzene rings is 1. The average molecular weight is 288 g/mol. The van der Waals surface area contributed by atoms with Crippen molar-refractivity contribution in [2.75, 3.05) is 11.6 Å². The van der Waals surface area contributed by atoms with Crippen LogP contribution in [0.3, 0.4) is 0 Å². The standard InChI is InChI=1S/C9H9Cl3O2S/c10-5-8(12)6-15(13,14)9-3-1-7(11)2-4-9/h1-4,8H,5-6H2. The van der Waals surface area contributed by atoms with Crippen LogP contribution in [0.2, 0.25) is 5.02 Å². The van der Waals surface area contributed by atoms with Crippen LogP contribution in [-0.4, -0.2) is 25.4 Å². The van der Waals surface area contributed by atoms with Crippen molar-refractivity contribution in [3.05, 3.63) is 29.3 Å². The Kier molecular flexibility index (Phi) is 4.71. The molecule has 0 heterocycles. The van der Waals surface area contributed by atoms with Crippen LogP contribution in [0.25, 0.3) is 0 Å². The molecular formula is C9H9Cl3O2S. The maximum absolute atomic E-state index is 11.7. The molecule has 1 atom stereocenters. The molecule has 0 amide bonds. The van der Waals surface area contributed by atoms with Crippen molar-refractivity contribution in [1.29, 1.82) is 0 Å². The van der Waals surface area contributed by atoms with Gasteiger partial charge in [-0.1, -0.05) is 11.6 Å². The van der Waals surface area contributed by atoms with Gasteiger partial charge in [0.15, 0.2) is 9.84 Å². The van der Waals surface area contributed by atoms with Gasteiger partial charge in [-0.25, -0.2) is 8.42 Å². The number of rotatable bonds is 4. The SMILES string of the molecule is O=S(=O)(CC(Cl)CCl)c1ccc(Cl)cc1. The van der Waals surface area contributed by atoms with Gasteiger partial charge in [0.05, 0.1) is 16.0 Å². The summed E-state index contributed by atoms with van der Waals surface area (Å²) in [7, 11) is -3.36. The fraction of sp³-hybridized carbons (Fsp3) is 0.333. The molecule has 0 aliphatic carbocycles. The van der Waals surface area contributed by atoms with E-state index < -0.39 is 15.2 Å². The van der Waals surface area contributed by atoms with Crippen molar-refractivity contribution in [2.24, 2.45) is 0 Å². The van der Waals surface area contributed by atoms with Gasteiger partial charge in [0.1, 0.15) is 0 Å². The lowest BCUT2D eigenvalue weighted by atomic mass is 10.4. The molecule has 0 spiro atoms. The van der Waals surface area contributed by atoms with Crippen LogP contribution >= 0.6 is 34.8 Å². The quantitative estimate of drug-likeness (QED) is 0.798. The molecule has 2 nitrogen and oxygen atoms in total. The summed E-state index contributed by atoms with van der Waals surface area (Å²) in [6.45, 7) is 0. The molecule has 1 unspecified atom stereocenters. The summed E-state index contributed by atoms with van der Waals surface area (Å²) in [4.78, 5) is 0.211. The summed E-state index contributed by atoms with van der Waals surface area (Å²) in [5.74, 6) is -0.0614. The highest BCUT2D eigenvalue weighted by Gasteiger charge is 2.18. The summed E-state index contributed by atoms with van der Waals surface area (Å²) >= 11 is 16.8. The van der Waals surface area contributed by atoms with Gasteiger partial charge in [-0.05, 0) is 24.3 Å². The van der Waals surface area contributed by atoms with Gasteiger partial charge in [-0.3, -0.25) is 0 Å². The minimum Gasteiger partial charge on any atom is -0.224 e. The van der Waals surface area contributed by atoms with E-state index in [0.29, 0.717) is 5.02 Å². The topological polar surface area (TPSA) is 34.1 Å². The van der Waals surface area contributed by atoms with E-state index in [2.05, 4.69) is 0 Å². The fourth-order valence-corrected chi connectivity index (χ4v) is 3.22. The smallest absolute Gasteiger partial charge is 0.179 e. The Bertz CT molecular complexity index is 413. The molecule has 1 aromatic carbocycles. The number of hydrogen-bond acceptors (Lipinski definition) is 2. The highest BCUT2D eigenvalue weighted by molar-refractivity contribution is 7.91. The van der Waals surface area contributed by atoms with Crippen molar-refractivity contribution >= 4 is 44.6 Å². The van der Waals surface area contributed by atoms with Crippen LogP contribution in [0.4, 0.5) is 0 Å². The van der Waals surface area contributed by atoms with Crippen LogP contribution in [0, 0.1) is 0 Å². The Labute approximate surface area is 104 Å². The number of hydrogen-bond donors (Lipinski definition) is 0. The predicted octanol–water partition coefficient (Wildman–Crippen LogP) is 2.96. The third-order valence-electron chi connectivity index (χ3n) is 1.74. The van der Waals surface area contributed by atoms with Gasteiger partial charge < -0.3 is 0 Å². The van der Waals surface area contributed by atoms with E-state index in [0.717, 1.165) is 0 Å². The van der Waals surface area contributed by atoms with Gasteiger partial charge in [0, 0.05) is 10.9 Å². The van der Waals surface area contributed by atoms with Crippen molar-refractivity contribution < 1.29 is 8.42 Å². The third-order valence-corrected chi connectivity index (χ3v) is 4.85. The number of alkyl halides is 2. The van der Waals surface area contributed by atoms with Crippen molar-refractivity contribution in [2.45, 2.75) is 10.3 Å². The van der Waals surface area contributed by atoms with E-state index >= 15 is 0 Å². The van der Waals surface area contributed by atoms with E-state index in [4.69, 9.17) is 34.8 Å². The second-order valence-electron chi connectivity index (χ2n) is 2.99. The molecule has 0 bridgehead atoms. The van der Waals surface area contributed by atoms with Crippen LogP contribution < -0.4 is 0 Å². The molecule has 0 saturated heterocycles. The zero-order chi connectivity index (χ0) is 11.5. The molecule has 0 aromatic heterocycles. The summed E-state index contributed by atoms with van der Waals surface area (Å²) < 4.78 is 23.5. The maximum Gasteiger partial charge on any atom is 0.179 e. The summed E-state index contributed by atoms with van der Waals surface area (Å²) in [6, 6.07) is 5.96. The molecule has 0 N–H and O–H groups in total. The molecule has 0 fully saturated rings. The lowest BCUT2D eigenvalue weighted by Gasteiger charge is -2.07. The van der Waals surface area contributed by atoms with Crippen LogP contribution in [0.15, 0.2) is 29.2 Å². The Balaban J connectivity index is 2.91. The summed E-state index contributed by atoms with van der Waals surface area (Å²) in [5, 5.41) is -0.0824. The van der Waals surface area contributed by atoms with Gasteiger partial charge in [0.25, 0.3) is 0 Å². The molecule has 6 heteroatoms. The second kappa shape index (κ2) is 5.39. The van der Waals surface area contributed by atoms with E-state index in [1.54, 1.807) is 0 Å². The first-order valence-corrected chi connectivity index (χ1v) is 7.14. The van der Waals surface area contributed by atoms with E-state index in [1.807, 2.05) is 0 Å². The number of sulfone groups is 1. The van der Waals surface area contributed by atoms with Gasteiger partial charge in [-0.15, -0.1) is 23.2 Å². The van der Waals surface area contributed by atoms with E-state index in [1.165, 1.54) is 24.3 Å². The van der Waals surface area contributed by atoms with E-state index in [-0.39, 0.29) is 16.5 Å². The molecule has 0 radical (unpaired) electrons. The highest BCUT2D eigenvalue weighted by Crippen LogP contribution is 2.17. The molecule has 1 aromatic rings. The molecule has 0 aliphatic rings. The second-order valence-corrected chi connectivity index (χ2v) is 6.38. The Morgan fingerprint density at radius 1 is 1.20 bits per heavy atom. The first-order valence-electron chi connectivity index (χ1n) is 4.14. The average Bonchev–Trinajstić information content (AvgIpc) is 2.17. The molecule has 15 heavy (non-hydrogen) atoms. The molecular weight excluding hydrogens is 279 g/mol. The molecule has 1 rings (SSSR count). The zero-order valence-corrected chi connectivity index (χ0v) is 10.7. The first kappa shape index (κ1) is 13.1. The van der Waals surface area contributed by atoms with Crippen molar-refractivity contribution in [3.8, 4) is 0 Å². The minimum absolute atomic E-state index is 0.106. The van der Waals surface area contributed by atoms with Crippen LogP contribution in [-0.2, 0) is 9.84 Å². The molecule has 84 valence electrons. The fourth-order valence-electron chi connectivity index (χ4n) is 1.02. The Hall–Kier alpha value is 0.0400. The number of halogens is 3. The monoisotopic (exact) mass is 286 g/mol. The van der Waals surface area contributed by atoms with Gasteiger partial charge in [-0.2, -0.15) is 0 Å². The summed E-state index contributed by atoms with van der Waals surface area (Å²) in [5.41, 5.74) is 0. The van der Waals surface area contributed by atoms with E-state index in [9.17, 15) is 8.42 Å². The lowest BCUT2D eigenvalue weighted by Crippen LogP contribution is -2.17. The zero-order valence-electron chi connectivity index (χ0n) is 7.66. The lowest BCUT2D eigenvalue weighted by molar-refractivity contribution is 0.595. The Morgan fingerprint density at radius 3 is 2.20 bits per heavy atom. The maximum atomic E-state index is 11.7. The highest BCUT2D eigenvalue weighted by atomic mass is 35.5. The minimum atomic E-state index is -3.36.